The van der Waals surface area contributed by atoms with Gasteiger partial charge in [0, 0.05) is 5.97 Å². The molecule has 0 aromatic heterocycles. The molecule has 0 amide bonds. The predicted octanol–water partition coefficient (Wildman–Crippen LogP) is 6.05. The third kappa shape index (κ3) is 16.1. The zero-order valence-corrected chi connectivity index (χ0v) is 16.5. The van der Waals surface area contributed by atoms with E-state index >= 15 is 0 Å². The van der Waals surface area contributed by atoms with Gasteiger partial charge in [-0.15, -0.1) is 0 Å². The van der Waals surface area contributed by atoms with E-state index in [9.17, 15) is 9.90 Å². The summed E-state index contributed by atoms with van der Waals surface area (Å²) in [5.41, 5.74) is 0. The maximum atomic E-state index is 10.7. The lowest BCUT2D eigenvalue weighted by molar-refractivity contribution is -0.311. The number of carboxylic acids is 1. The van der Waals surface area contributed by atoms with Gasteiger partial charge in [0.2, 0.25) is 0 Å². The first-order chi connectivity index (χ1) is 11.6. The Labute approximate surface area is 151 Å². The van der Waals surface area contributed by atoms with Gasteiger partial charge in [-0.1, -0.05) is 90.7 Å². The summed E-state index contributed by atoms with van der Waals surface area (Å²) in [6.45, 7) is 6.17. The van der Waals surface area contributed by atoms with Crippen molar-refractivity contribution in [3.05, 3.63) is 12.2 Å². The van der Waals surface area contributed by atoms with Crippen LogP contribution in [0.5, 0.6) is 0 Å². The summed E-state index contributed by atoms with van der Waals surface area (Å²) < 4.78 is 0. The van der Waals surface area contributed by atoms with Gasteiger partial charge >= 0.3 is 0 Å². The lowest BCUT2D eigenvalue weighted by atomic mass is 9.92. The van der Waals surface area contributed by atoms with Crippen LogP contribution in [0.2, 0.25) is 0 Å². The number of carbonyl (C=O) groups excluding carboxylic acids is 1. The molecule has 0 aromatic carbocycles. The van der Waals surface area contributed by atoms with E-state index in [-0.39, 0.29) is 5.92 Å². The van der Waals surface area contributed by atoms with Crippen LogP contribution < -0.4 is 5.11 Å². The van der Waals surface area contributed by atoms with E-state index in [0.29, 0.717) is 5.92 Å². The zero-order chi connectivity index (χ0) is 18.0. The number of hydrogen-bond donors (Lipinski definition) is 0. The van der Waals surface area contributed by atoms with E-state index in [1.807, 2.05) is 0 Å². The van der Waals surface area contributed by atoms with Crippen molar-refractivity contribution < 1.29 is 9.90 Å². The number of unbranched alkanes of at least 4 members (excludes halogenated alkanes) is 10. The number of rotatable bonds is 17. The predicted molar refractivity (Wildman–Crippen MR) is 103 cm³/mol. The molecule has 0 aliphatic rings. The molecule has 0 aliphatic carbocycles. The van der Waals surface area contributed by atoms with Gasteiger partial charge in [-0.05, 0) is 43.9 Å². The molecular weight excluding hydrogens is 296 g/mol. The van der Waals surface area contributed by atoms with Crippen LogP contribution in [0.4, 0.5) is 0 Å². The number of hydrogen-bond acceptors (Lipinski definition) is 2. The van der Waals surface area contributed by atoms with Crippen molar-refractivity contribution in [3.63, 3.8) is 0 Å². The van der Waals surface area contributed by atoms with E-state index in [1.165, 1.54) is 77.0 Å². The van der Waals surface area contributed by atoms with E-state index in [0.717, 1.165) is 12.8 Å². The molecule has 0 bridgehead atoms. The fourth-order valence-electron chi connectivity index (χ4n) is 3.20. The van der Waals surface area contributed by atoms with Gasteiger partial charge in [0.25, 0.3) is 0 Å². The van der Waals surface area contributed by atoms with Gasteiger partial charge in [-0.3, -0.25) is 0 Å². The molecule has 0 fully saturated rings. The molecule has 2 nitrogen and oxygen atoms in total. The van der Waals surface area contributed by atoms with Crippen molar-refractivity contribution in [3.8, 4) is 0 Å². The first kappa shape index (κ1) is 23.2. The fraction of sp³-hybridized carbons (Fsp3) is 0.864. The Kier molecular flexibility index (Phi) is 16.5. The lowest BCUT2D eigenvalue weighted by Crippen LogP contribution is -2.30. The zero-order valence-electron chi connectivity index (χ0n) is 16.5. The van der Waals surface area contributed by atoms with Crippen molar-refractivity contribution in [1.29, 1.82) is 0 Å². The minimum Gasteiger partial charge on any atom is -0.550 e. The second-order valence-corrected chi connectivity index (χ2v) is 7.58. The van der Waals surface area contributed by atoms with Gasteiger partial charge in [0.15, 0.2) is 0 Å². The average molecular weight is 338 g/mol. The summed E-state index contributed by atoms with van der Waals surface area (Å²) in [7, 11) is 0. The van der Waals surface area contributed by atoms with Crippen molar-refractivity contribution in [1.82, 2.24) is 0 Å². The molecule has 0 aliphatic heterocycles. The molecule has 24 heavy (non-hydrogen) atoms. The highest BCUT2D eigenvalue weighted by Gasteiger charge is 2.09. The van der Waals surface area contributed by atoms with Crippen molar-refractivity contribution in [2.75, 3.05) is 0 Å². The van der Waals surface area contributed by atoms with Gasteiger partial charge in [0.05, 0.1) is 0 Å². The highest BCUT2D eigenvalue weighted by Crippen LogP contribution is 2.19. The first-order valence-corrected chi connectivity index (χ1v) is 10.4. The minimum absolute atomic E-state index is 0.305. The number of allylic oxidation sites excluding steroid dienone is 2. The summed E-state index contributed by atoms with van der Waals surface area (Å²) in [6.07, 6.45) is 22.4. The van der Waals surface area contributed by atoms with Gasteiger partial charge in [-0.2, -0.15) is 0 Å². The van der Waals surface area contributed by atoms with E-state index in [4.69, 9.17) is 0 Å². The fourth-order valence-corrected chi connectivity index (χ4v) is 3.20. The average Bonchev–Trinajstić information content (AvgIpc) is 2.55. The van der Waals surface area contributed by atoms with Gasteiger partial charge < -0.3 is 9.90 Å². The molecule has 142 valence electrons. The molecule has 2 unspecified atom stereocenters. The number of aliphatic carboxylic acids is 1. The Morgan fingerprint density at radius 2 is 1.33 bits per heavy atom. The molecule has 0 heterocycles. The molecule has 2 heteroatoms. The van der Waals surface area contributed by atoms with E-state index < -0.39 is 5.97 Å². The molecule has 0 radical (unpaired) electrons. The van der Waals surface area contributed by atoms with Crippen LogP contribution in [-0.2, 0) is 4.79 Å². The molecule has 2 atom stereocenters. The van der Waals surface area contributed by atoms with Crippen LogP contribution in [0, 0.1) is 11.8 Å². The van der Waals surface area contributed by atoms with Crippen LogP contribution in [0.25, 0.3) is 0 Å². The van der Waals surface area contributed by atoms with Crippen LogP contribution in [0.1, 0.15) is 111 Å². The Morgan fingerprint density at radius 3 is 1.88 bits per heavy atom. The molecule has 0 saturated heterocycles. The minimum atomic E-state index is -0.905. The van der Waals surface area contributed by atoms with Crippen molar-refractivity contribution in [2.24, 2.45) is 11.8 Å². The first-order valence-electron chi connectivity index (χ1n) is 10.4. The molecule has 0 aromatic rings. The number of carboxylic acid groups (broad SMARTS) is 1. The molecule has 0 rings (SSSR count). The largest absolute Gasteiger partial charge is 0.550 e. The molecule has 0 spiro atoms. The molecule has 0 saturated carbocycles. The second kappa shape index (κ2) is 17.0. The van der Waals surface area contributed by atoms with Gasteiger partial charge in [-0.25, -0.2) is 0 Å². The highest BCUT2D eigenvalue weighted by atomic mass is 16.4. The Hall–Kier alpha value is -0.790. The summed E-state index contributed by atoms with van der Waals surface area (Å²) in [5, 5.41) is 10.7. The van der Waals surface area contributed by atoms with E-state index in [2.05, 4.69) is 26.0 Å². The SMILES string of the molecule is CCCCC/C=C/CCCCCCCCCC(C)CC(C)C(=O)[O-]. The quantitative estimate of drug-likeness (QED) is 0.239. The summed E-state index contributed by atoms with van der Waals surface area (Å²) in [5.74, 6) is -0.708. The third-order valence-electron chi connectivity index (χ3n) is 4.87. The summed E-state index contributed by atoms with van der Waals surface area (Å²) in [6, 6.07) is 0. The van der Waals surface area contributed by atoms with E-state index in [1.54, 1.807) is 6.92 Å². The Balaban J connectivity index is 3.26. The van der Waals surface area contributed by atoms with Gasteiger partial charge in [0.1, 0.15) is 0 Å². The molecular formula is C22H41O2-. The van der Waals surface area contributed by atoms with Crippen LogP contribution >= 0.6 is 0 Å². The van der Waals surface area contributed by atoms with Crippen LogP contribution in [0.15, 0.2) is 12.2 Å². The second-order valence-electron chi connectivity index (χ2n) is 7.58. The monoisotopic (exact) mass is 337 g/mol. The standard InChI is InChI=1S/C22H42O2/c1-4-5-6-7-8-9-10-11-12-13-14-15-16-17-18-20(2)19-21(3)22(23)24/h8-9,20-21H,4-7,10-19H2,1-3H3,(H,23,24)/p-1/b9-8+. The third-order valence-corrected chi connectivity index (χ3v) is 4.87. The Morgan fingerprint density at radius 1 is 0.833 bits per heavy atom. The summed E-state index contributed by atoms with van der Waals surface area (Å²) >= 11 is 0. The normalized spacial score (nSPS) is 14.1. The topological polar surface area (TPSA) is 40.1 Å². The maximum absolute atomic E-state index is 10.7. The lowest BCUT2D eigenvalue weighted by Gasteiger charge is -2.17. The van der Waals surface area contributed by atoms with Crippen molar-refractivity contribution in [2.45, 2.75) is 111 Å². The van der Waals surface area contributed by atoms with Crippen molar-refractivity contribution >= 4 is 5.97 Å². The van der Waals surface area contributed by atoms with Crippen LogP contribution in [-0.4, -0.2) is 5.97 Å². The maximum Gasteiger partial charge on any atom is 0.0442 e. The summed E-state index contributed by atoms with van der Waals surface area (Å²) in [4.78, 5) is 10.7. The Bertz CT molecular complexity index is 309. The number of carbonyl (C=O) groups is 1. The highest BCUT2D eigenvalue weighted by molar-refractivity contribution is 5.66. The smallest absolute Gasteiger partial charge is 0.0442 e. The van der Waals surface area contributed by atoms with Crippen LogP contribution in [0.3, 0.4) is 0 Å². The molecule has 0 N–H and O–H groups in total.